The van der Waals surface area contributed by atoms with Crippen molar-refractivity contribution in [2.45, 2.75) is 31.0 Å². The highest BCUT2D eigenvalue weighted by molar-refractivity contribution is 5.95. The van der Waals surface area contributed by atoms with Gasteiger partial charge >= 0.3 is 0 Å². The lowest BCUT2D eigenvalue weighted by Gasteiger charge is -2.34. The molecule has 0 unspecified atom stereocenters. The second kappa shape index (κ2) is 7.08. The molecule has 2 saturated heterocycles. The molecule has 3 aromatic rings. The Balaban J connectivity index is 1.44. The van der Waals surface area contributed by atoms with Crippen LogP contribution in [0.25, 0.3) is 22.2 Å². The molecule has 27 heavy (non-hydrogen) atoms. The highest BCUT2D eigenvalue weighted by Gasteiger charge is 2.38. The molecule has 0 amide bonds. The maximum atomic E-state index is 9.20. The number of nitrogens with zero attached hydrogens (tertiary/aromatic N) is 3. The summed E-state index contributed by atoms with van der Waals surface area (Å²) in [5.41, 5.74) is 1.19. The Morgan fingerprint density at radius 2 is 1.96 bits per heavy atom. The summed E-state index contributed by atoms with van der Waals surface area (Å²) >= 11 is 0. The van der Waals surface area contributed by atoms with Crippen LogP contribution in [0.1, 0.15) is 18.9 Å². The van der Waals surface area contributed by atoms with Crippen LogP contribution in [0.15, 0.2) is 54.9 Å². The Morgan fingerprint density at radius 3 is 2.89 bits per heavy atom. The van der Waals surface area contributed by atoms with Gasteiger partial charge in [-0.2, -0.15) is 0 Å². The number of hydrogen-bond donors (Lipinski definition) is 1. The molecule has 5 heteroatoms. The van der Waals surface area contributed by atoms with E-state index in [1.165, 1.54) is 16.3 Å². The van der Waals surface area contributed by atoms with Crippen molar-refractivity contribution < 1.29 is 9.84 Å². The molecule has 0 spiro atoms. The molecule has 3 atom stereocenters. The third-order valence-corrected chi connectivity index (χ3v) is 6.01. The number of morpholine rings is 1. The fourth-order valence-electron chi connectivity index (χ4n) is 4.67. The van der Waals surface area contributed by atoms with E-state index in [9.17, 15) is 5.11 Å². The third-order valence-electron chi connectivity index (χ3n) is 6.01. The monoisotopic (exact) mass is 363 g/mol. The molecular weight excluding hydrogens is 338 g/mol. The first-order chi connectivity index (χ1) is 13.3. The van der Waals surface area contributed by atoms with Crippen LogP contribution >= 0.6 is 0 Å². The number of fused-ring (bicyclic) bond motifs is 2. The molecule has 2 aliphatic heterocycles. The molecule has 1 aromatic heterocycles. The highest BCUT2D eigenvalue weighted by atomic mass is 16.5. The number of benzene rings is 2. The number of ether oxygens (including phenoxy) is 1. The SMILES string of the molecule is OCC[C@H]1CN2C[C@H](n3ccnc3-c3cccc4ccccc34)C[C@H]2CO1. The Hall–Kier alpha value is -2.21. The lowest BCUT2D eigenvalue weighted by atomic mass is 10.0. The van der Waals surface area contributed by atoms with Crippen LogP contribution in [0.4, 0.5) is 0 Å². The van der Waals surface area contributed by atoms with Crippen LogP contribution in [-0.4, -0.2) is 58.0 Å². The van der Waals surface area contributed by atoms with E-state index in [1.807, 2.05) is 6.20 Å². The molecular formula is C22H25N3O2. The van der Waals surface area contributed by atoms with Crippen molar-refractivity contribution in [1.82, 2.24) is 14.5 Å². The van der Waals surface area contributed by atoms with Gasteiger partial charge in [0.25, 0.3) is 0 Å². The van der Waals surface area contributed by atoms with E-state index in [4.69, 9.17) is 9.72 Å². The first kappa shape index (κ1) is 16.9. The van der Waals surface area contributed by atoms with Gasteiger partial charge in [0.1, 0.15) is 5.82 Å². The van der Waals surface area contributed by atoms with Crippen molar-refractivity contribution in [3.63, 3.8) is 0 Å². The standard InChI is InChI=1S/C22H25N3O2/c26-11-8-19-14-24-13-17(12-18(24)15-27-19)25-10-9-23-22(25)21-7-3-5-16-4-1-2-6-20(16)21/h1-7,9-10,17-19,26H,8,11-15H2/t17-,18+,19+/m1/s1. The predicted molar refractivity (Wildman–Crippen MR) is 106 cm³/mol. The Kier molecular flexibility index (Phi) is 4.44. The molecule has 0 saturated carbocycles. The largest absolute Gasteiger partial charge is 0.396 e. The molecule has 0 aliphatic carbocycles. The Morgan fingerprint density at radius 1 is 1.07 bits per heavy atom. The summed E-state index contributed by atoms with van der Waals surface area (Å²) in [5.74, 6) is 1.05. The molecule has 0 radical (unpaired) electrons. The average molecular weight is 363 g/mol. The zero-order valence-corrected chi connectivity index (χ0v) is 15.4. The zero-order valence-electron chi connectivity index (χ0n) is 15.4. The van der Waals surface area contributed by atoms with E-state index in [1.54, 1.807) is 0 Å². The highest BCUT2D eigenvalue weighted by Crippen LogP contribution is 2.35. The molecule has 140 valence electrons. The van der Waals surface area contributed by atoms with Crippen LogP contribution in [0.5, 0.6) is 0 Å². The van der Waals surface area contributed by atoms with E-state index >= 15 is 0 Å². The Bertz CT molecular complexity index is 933. The van der Waals surface area contributed by atoms with Crippen molar-refractivity contribution in [3.05, 3.63) is 54.9 Å². The zero-order chi connectivity index (χ0) is 18.2. The van der Waals surface area contributed by atoms with Crippen molar-refractivity contribution in [2.24, 2.45) is 0 Å². The normalized spacial score (nSPS) is 25.7. The lowest BCUT2D eigenvalue weighted by Crippen LogP contribution is -2.46. The minimum absolute atomic E-state index is 0.158. The number of rotatable bonds is 4. The molecule has 2 fully saturated rings. The summed E-state index contributed by atoms with van der Waals surface area (Å²) in [6.07, 6.45) is 6.00. The fraction of sp³-hybridized carbons (Fsp3) is 0.409. The van der Waals surface area contributed by atoms with Gasteiger partial charge in [-0.05, 0) is 23.6 Å². The Labute approximate surface area is 159 Å². The number of aliphatic hydroxyl groups is 1. The first-order valence-electron chi connectivity index (χ1n) is 9.81. The molecule has 0 bridgehead atoms. The van der Waals surface area contributed by atoms with Crippen molar-refractivity contribution in [1.29, 1.82) is 0 Å². The van der Waals surface area contributed by atoms with Gasteiger partial charge in [0.2, 0.25) is 0 Å². The number of aromatic nitrogens is 2. The molecule has 1 N–H and O–H groups in total. The molecule has 5 rings (SSSR count). The summed E-state index contributed by atoms with van der Waals surface area (Å²) in [4.78, 5) is 7.25. The predicted octanol–water partition coefficient (Wildman–Crippen LogP) is 3.10. The summed E-state index contributed by atoms with van der Waals surface area (Å²) in [6, 6.07) is 15.8. The summed E-state index contributed by atoms with van der Waals surface area (Å²) in [6.45, 7) is 2.89. The second-order valence-corrected chi connectivity index (χ2v) is 7.65. The molecule has 3 heterocycles. The quantitative estimate of drug-likeness (QED) is 0.774. The molecule has 5 nitrogen and oxygen atoms in total. The average Bonchev–Trinajstić information content (AvgIpc) is 3.34. The van der Waals surface area contributed by atoms with Crippen molar-refractivity contribution in [3.8, 4) is 11.4 Å². The van der Waals surface area contributed by atoms with E-state index in [0.29, 0.717) is 12.1 Å². The van der Waals surface area contributed by atoms with Gasteiger partial charge in [0.05, 0.1) is 12.7 Å². The minimum atomic E-state index is 0.158. The van der Waals surface area contributed by atoms with E-state index in [0.717, 1.165) is 38.4 Å². The molecule has 2 aromatic carbocycles. The van der Waals surface area contributed by atoms with Crippen molar-refractivity contribution >= 4 is 10.8 Å². The second-order valence-electron chi connectivity index (χ2n) is 7.65. The number of imidazole rings is 1. The number of aliphatic hydroxyl groups excluding tert-OH is 1. The minimum Gasteiger partial charge on any atom is -0.396 e. The number of hydrogen-bond acceptors (Lipinski definition) is 4. The van der Waals surface area contributed by atoms with Gasteiger partial charge in [0.15, 0.2) is 0 Å². The van der Waals surface area contributed by atoms with Crippen LogP contribution in [0, 0.1) is 0 Å². The van der Waals surface area contributed by atoms with Crippen LogP contribution in [-0.2, 0) is 4.74 Å². The molecule has 2 aliphatic rings. The van der Waals surface area contributed by atoms with E-state index in [2.05, 4.69) is 58.1 Å². The smallest absolute Gasteiger partial charge is 0.140 e. The summed E-state index contributed by atoms with van der Waals surface area (Å²) < 4.78 is 8.29. The van der Waals surface area contributed by atoms with Gasteiger partial charge in [-0.25, -0.2) is 4.98 Å². The fourth-order valence-corrected chi connectivity index (χ4v) is 4.67. The maximum Gasteiger partial charge on any atom is 0.140 e. The van der Waals surface area contributed by atoms with E-state index < -0.39 is 0 Å². The lowest BCUT2D eigenvalue weighted by molar-refractivity contribution is -0.0567. The van der Waals surface area contributed by atoms with Crippen LogP contribution in [0.3, 0.4) is 0 Å². The van der Waals surface area contributed by atoms with Gasteiger partial charge < -0.3 is 14.4 Å². The van der Waals surface area contributed by atoms with Crippen LogP contribution < -0.4 is 0 Å². The third kappa shape index (κ3) is 3.06. The van der Waals surface area contributed by atoms with E-state index in [-0.39, 0.29) is 12.7 Å². The summed E-state index contributed by atoms with van der Waals surface area (Å²) in [7, 11) is 0. The maximum absolute atomic E-state index is 9.20. The topological polar surface area (TPSA) is 50.5 Å². The first-order valence-corrected chi connectivity index (χ1v) is 9.81. The van der Waals surface area contributed by atoms with Gasteiger partial charge in [0, 0.05) is 49.7 Å². The van der Waals surface area contributed by atoms with Gasteiger partial charge in [-0.1, -0.05) is 42.5 Å². The van der Waals surface area contributed by atoms with Gasteiger partial charge in [-0.3, -0.25) is 4.90 Å². The van der Waals surface area contributed by atoms with Crippen LogP contribution in [0.2, 0.25) is 0 Å². The van der Waals surface area contributed by atoms with Crippen molar-refractivity contribution in [2.75, 3.05) is 26.3 Å². The summed E-state index contributed by atoms with van der Waals surface area (Å²) in [5, 5.41) is 11.7. The van der Waals surface area contributed by atoms with Gasteiger partial charge in [-0.15, -0.1) is 0 Å².